The summed E-state index contributed by atoms with van der Waals surface area (Å²) in [4.78, 5) is 8.25. The molecule has 0 bridgehead atoms. The number of aryl methyl sites for hydroxylation is 1. The van der Waals surface area contributed by atoms with E-state index in [1.54, 1.807) is 11.3 Å². The van der Waals surface area contributed by atoms with Crippen LogP contribution in [0.4, 0.5) is 0 Å². The quantitative estimate of drug-likeness (QED) is 0.439. The summed E-state index contributed by atoms with van der Waals surface area (Å²) in [7, 11) is 0. The van der Waals surface area contributed by atoms with Gasteiger partial charge in [-0.15, -0.1) is 11.3 Å². The van der Waals surface area contributed by atoms with Crippen molar-refractivity contribution in [3.63, 3.8) is 0 Å². The van der Waals surface area contributed by atoms with E-state index in [1.165, 1.54) is 10.4 Å². The van der Waals surface area contributed by atoms with Crippen molar-refractivity contribution >= 4 is 11.3 Å². The standard InChI is InChI=1S/C24H26N4OS/c1-19-23(30-24(26-19)22-10-6-3-7-11-22)18-27(12-13-29)15-21-14-25-28(17-21)16-20-8-4-2-5-9-20/h2-11,14,17,29H,12-13,15-16,18H2,1H3. The first-order valence-electron chi connectivity index (χ1n) is 10.1. The fourth-order valence-corrected chi connectivity index (χ4v) is 4.55. The van der Waals surface area contributed by atoms with E-state index < -0.39 is 0 Å². The van der Waals surface area contributed by atoms with Crippen LogP contribution in [0, 0.1) is 6.92 Å². The van der Waals surface area contributed by atoms with Crippen LogP contribution >= 0.6 is 11.3 Å². The fraction of sp³-hybridized carbons (Fsp3) is 0.250. The molecule has 2 aromatic heterocycles. The Bertz CT molecular complexity index is 1060. The van der Waals surface area contributed by atoms with Crippen molar-refractivity contribution in [2.45, 2.75) is 26.6 Å². The van der Waals surface area contributed by atoms with Gasteiger partial charge in [-0.3, -0.25) is 9.58 Å². The molecule has 0 atom stereocenters. The topological polar surface area (TPSA) is 54.2 Å². The molecule has 0 saturated carbocycles. The highest BCUT2D eigenvalue weighted by Crippen LogP contribution is 2.29. The lowest BCUT2D eigenvalue weighted by Gasteiger charge is -2.20. The molecule has 0 unspecified atom stereocenters. The zero-order valence-corrected chi connectivity index (χ0v) is 17.9. The summed E-state index contributed by atoms with van der Waals surface area (Å²) in [6.45, 7) is 5.07. The average molecular weight is 419 g/mol. The Morgan fingerprint density at radius 3 is 2.43 bits per heavy atom. The van der Waals surface area contributed by atoms with Crippen molar-refractivity contribution in [1.82, 2.24) is 19.7 Å². The Balaban J connectivity index is 1.44. The highest BCUT2D eigenvalue weighted by atomic mass is 32.1. The second-order valence-electron chi connectivity index (χ2n) is 7.36. The van der Waals surface area contributed by atoms with Gasteiger partial charge in [-0.05, 0) is 12.5 Å². The third-order valence-electron chi connectivity index (χ3n) is 4.98. The highest BCUT2D eigenvalue weighted by molar-refractivity contribution is 7.15. The molecule has 154 valence electrons. The molecule has 0 aliphatic carbocycles. The predicted octanol–water partition coefficient (Wildman–Crippen LogP) is 4.36. The Morgan fingerprint density at radius 1 is 0.967 bits per heavy atom. The molecule has 30 heavy (non-hydrogen) atoms. The number of hydrogen-bond donors (Lipinski definition) is 1. The fourth-order valence-electron chi connectivity index (χ4n) is 3.44. The molecule has 1 N–H and O–H groups in total. The molecular weight excluding hydrogens is 392 g/mol. The van der Waals surface area contributed by atoms with E-state index >= 15 is 0 Å². The molecular formula is C24H26N4OS. The highest BCUT2D eigenvalue weighted by Gasteiger charge is 2.14. The maximum Gasteiger partial charge on any atom is 0.123 e. The third-order valence-corrected chi connectivity index (χ3v) is 6.17. The van der Waals surface area contributed by atoms with Gasteiger partial charge >= 0.3 is 0 Å². The summed E-state index contributed by atoms with van der Waals surface area (Å²) in [5.74, 6) is 0. The van der Waals surface area contributed by atoms with Gasteiger partial charge in [-0.25, -0.2) is 4.98 Å². The first kappa shape index (κ1) is 20.5. The molecule has 5 nitrogen and oxygen atoms in total. The van der Waals surface area contributed by atoms with Crippen molar-refractivity contribution < 1.29 is 5.11 Å². The number of aliphatic hydroxyl groups is 1. The Morgan fingerprint density at radius 2 is 1.70 bits per heavy atom. The van der Waals surface area contributed by atoms with E-state index in [9.17, 15) is 5.11 Å². The Kier molecular flexibility index (Phi) is 6.69. The van der Waals surface area contributed by atoms with Crippen LogP contribution in [-0.4, -0.2) is 37.9 Å². The molecule has 0 amide bonds. The third kappa shape index (κ3) is 5.21. The van der Waals surface area contributed by atoms with E-state index in [0.29, 0.717) is 6.54 Å². The van der Waals surface area contributed by atoms with Crippen LogP contribution in [0.1, 0.15) is 21.7 Å². The maximum absolute atomic E-state index is 9.57. The Hall–Kier alpha value is -2.80. The van der Waals surface area contributed by atoms with Gasteiger partial charge in [0, 0.05) is 41.8 Å². The van der Waals surface area contributed by atoms with E-state index in [-0.39, 0.29) is 6.61 Å². The van der Waals surface area contributed by atoms with Crippen LogP contribution in [0.15, 0.2) is 73.1 Å². The minimum absolute atomic E-state index is 0.127. The van der Waals surface area contributed by atoms with Crippen LogP contribution in [0.5, 0.6) is 0 Å². The van der Waals surface area contributed by atoms with Gasteiger partial charge in [0.15, 0.2) is 0 Å². The zero-order valence-electron chi connectivity index (χ0n) is 17.1. The summed E-state index contributed by atoms with van der Waals surface area (Å²) in [6.07, 6.45) is 4.01. The first-order chi connectivity index (χ1) is 14.7. The molecule has 4 rings (SSSR count). The zero-order chi connectivity index (χ0) is 20.8. The molecule has 4 aromatic rings. The summed E-state index contributed by atoms with van der Waals surface area (Å²) < 4.78 is 1.97. The number of aliphatic hydroxyl groups excluding tert-OH is 1. The molecule has 0 spiro atoms. The monoisotopic (exact) mass is 418 g/mol. The van der Waals surface area contributed by atoms with Crippen molar-refractivity contribution in [2.24, 2.45) is 0 Å². The summed E-state index contributed by atoms with van der Waals surface area (Å²) in [5, 5.41) is 15.1. The van der Waals surface area contributed by atoms with E-state index in [2.05, 4.69) is 47.4 Å². The van der Waals surface area contributed by atoms with E-state index in [0.717, 1.165) is 41.5 Å². The number of thiazole rings is 1. The Labute approximate surface area is 181 Å². The van der Waals surface area contributed by atoms with Crippen molar-refractivity contribution in [1.29, 1.82) is 0 Å². The number of benzene rings is 2. The van der Waals surface area contributed by atoms with Gasteiger partial charge in [-0.2, -0.15) is 5.10 Å². The van der Waals surface area contributed by atoms with Gasteiger partial charge in [0.1, 0.15) is 5.01 Å². The maximum atomic E-state index is 9.57. The summed E-state index contributed by atoms with van der Waals surface area (Å²) >= 11 is 1.73. The van der Waals surface area contributed by atoms with Crippen molar-refractivity contribution in [3.05, 3.63) is 94.8 Å². The van der Waals surface area contributed by atoms with Crippen LogP contribution < -0.4 is 0 Å². The molecule has 0 saturated heterocycles. The SMILES string of the molecule is Cc1nc(-c2ccccc2)sc1CN(CCO)Cc1cnn(Cc2ccccc2)c1. The molecule has 0 fully saturated rings. The van der Waals surface area contributed by atoms with Gasteiger partial charge in [0.2, 0.25) is 0 Å². The smallest absolute Gasteiger partial charge is 0.123 e. The van der Waals surface area contributed by atoms with E-state index in [4.69, 9.17) is 4.98 Å². The van der Waals surface area contributed by atoms with E-state index in [1.807, 2.05) is 47.3 Å². The molecule has 6 heteroatoms. The molecule has 0 radical (unpaired) electrons. The molecule has 0 aliphatic rings. The summed E-state index contributed by atoms with van der Waals surface area (Å²) in [6, 6.07) is 20.6. The number of nitrogens with zero attached hydrogens (tertiary/aromatic N) is 4. The minimum Gasteiger partial charge on any atom is -0.395 e. The minimum atomic E-state index is 0.127. The van der Waals surface area contributed by atoms with Gasteiger partial charge in [0.05, 0.1) is 25.0 Å². The van der Waals surface area contributed by atoms with Crippen LogP contribution in [-0.2, 0) is 19.6 Å². The largest absolute Gasteiger partial charge is 0.395 e. The number of rotatable bonds is 9. The molecule has 0 aliphatic heterocycles. The van der Waals surface area contributed by atoms with Crippen molar-refractivity contribution in [3.8, 4) is 10.6 Å². The number of aromatic nitrogens is 3. The number of hydrogen-bond acceptors (Lipinski definition) is 5. The second-order valence-corrected chi connectivity index (χ2v) is 8.44. The molecule has 2 heterocycles. The molecule has 2 aromatic carbocycles. The van der Waals surface area contributed by atoms with Gasteiger partial charge in [-0.1, -0.05) is 60.7 Å². The van der Waals surface area contributed by atoms with Gasteiger partial charge < -0.3 is 5.11 Å². The lowest BCUT2D eigenvalue weighted by Crippen LogP contribution is -2.25. The second kappa shape index (κ2) is 9.80. The van der Waals surface area contributed by atoms with Gasteiger partial charge in [0.25, 0.3) is 0 Å². The van der Waals surface area contributed by atoms with Crippen molar-refractivity contribution in [2.75, 3.05) is 13.2 Å². The lowest BCUT2D eigenvalue weighted by atomic mass is 10.2. The van der Waals surface area contributed by atoms with Crippen LogP contribution in [0.2, 0.25) is 0 Å². The summed E-state index contributed by atoms with van der Waals surface area (Å²) in [5.41, 5.74) is 4.58. The normalized spacial score (nSPS) is 11.3. The lowest BCUT2D eigenvalue weighted by molar-refractivity contribution is 0.185. The predicted molar refractivity (Wildman–Crippen MR) is 121 cm³/mol. The van der Waals surface area contributed by atoms with Crippen LogP contribution in [0.25, 0.3) is 10.6 Å². The first-order valence-corrected chi connectivity index (χ1v) is 10.9. The van der Waals surface area contributed by atoms with Crippen LogP contribution in [0.3, 0.4) is 0 Å². The average Bonchev–Trinajstić information content (AvgIpc) is 3.36.